The van der Waals surface area contributed by atoms with Crippen molar-refractivity contribution < 1.29 is 0 Å². The van der Waals surface area contributed by atoms with Crippen molar-refractivity contribution in [3.05, 3.63) is 56.2 Å². The molecule has 1 aromatic heterocycles. The molecule has 0 radical (unpaired) electrons. The summed E-state index contributed by atoms with van der Waals surface area (Å²) < 4.78 is 0. The van der Waals surface area contributed by atoms with Gasteiger partial charge in [-0.15, -0.1) is 0 Å². The number of rotatable bonds is 3. The molecule has 2 aromatic rings. The van der Waals surface area contributed by atoms with Crippen molar-refractivity contribution in [2.75, 3.05) is 10.9 Å². The lowest BCUT2D eigenvalue weighted by molar-refractivity contribution is 1.03. The van der Waals surface area contributed by atoms with E-state index >= 15 is 0 Å². The van der Waals surface area contributed by atoms with Gasteiger partial charge in [0.25, 0.3) is 5.56 Å². The van der Waals surface area contributed by atoms with Crippen LogP contribution in [-0.2, 0) is 0 Å². The maximum Gasteiger partial charge on any atom is 0.327 e. The zero-order valence-corrected chi connectivity index (χ0v) is 9.34. The van der Waals surface area contributed by atoms with Gasteiger partial charge in [-0.1, -0.05) is 17.7 Å². The minimum absolute atomic E-state index is 0.263. The van der Waals surface area contributed by atoms with Crippen molar-refractivity contribution in [3.63, 3.8) is 0 Å². The Hall–Kier alpha value is -2.21. The fourth-order valence-electron chi connectivity index (χ4n) is 1.24. The highest BCUT2D eigenvalue weighted by atomic mass is 35.5. The van der Waals surface area contributed by atoms with Crippen LogP contribution in [0.4, 0.5) is 11.5 Å². The van der Waals surface area contributed by atoms with Gasteiger partial charge >= 0.3 is 5.69 Å². The lowest BCUT2D eigenvalue weighted by Gasteiger charge is -2.08. The molecule has 0 aliphatic carbocycles. The predicted octanol–water partition coefficient (Wildman–Crippen LogP) is 1.16. The molecule has 0 amide bonds. The summed E-state index contributed by atoms with van der Waals surface area (Å²) >= 11 is 5.80. The van der Waals surface area contributed by atoms with E-state index < -0.39 is 11.2 Å². The van der Waals surface area contributed by atoms with E-state index in [1.165, 1.54) is 6.07 Å². The van der Waals surface area contributed by atoms with E-state index in [0.29, 0.717) is 10.7 Å². The molecule has 17 heavy (non-hydrogen) atoms. The fourth-order valence-corrected chi connectivity index (χ4v) is 1.43. The molecule has 6 nitrogen and oxygen atoms in total. The largest absolute Gasteiger partial charge is 0.327 e. The summed E-state index contributed by atoms with van der Waals surface area (Å²) in [5, 5.41) is 0.580. The van der Waals surface area contributed by atoms with Gasteiger partial charge in [-0.25, -0.2) is 4.79 Å². The first kappa shape index (κ1) is 11.3. The molecule has 0 aliphatic rings. The highest BCUT2D eigenvalue weighted by Gasteiger charge is 1.96. The van der Waals surface area contributed by atoms with Crippen LogP contribution in [-0.4, -0.2) is 9.97 Å². The quantitative estimate of drug-likeness (QED) is 0.617. The average Bonchev–Trinajstić information content (AvgIpc) is 2.25. The van der Waals surface area contributed by atoms with Gasteiger partial charge in [-0.2, -0.15) is 0 Å². The smallest absolute Gasteiger partial charge is 0.300 e. The summed E-state index contributed by atoms with van der Waals surface area (Å²) in [7, 11) is 0. The number of aromatic nitrogens is 2. The Labute approximate surface area is 101 Å². The lowest BCUT2D eigenvalue weighted by Crippen LogP contribution is -2.24. The number of H-pyrrole nitrogens is 2. The summed E-state index contributed by atoms with van der Waals surface area (Å²) in [5.74, 6) is 0.263. The summed E-state index contributed by atoms with van der Waals surface area (Å²) in [6.07, 6.45) is 0. The summed E-state index contributed by atoms with van der Waals surface area (Å²) in [5.41, 5.74) is 5.13. The normalized spacial score (nSPS) is 9.94. The number of hydrazine groups is 1. The molecule has 88 valence electrons. The van der Waals surface area contributed by atoms with Crippen LogP contribution in [0.2, 0.25) is 5.02 Å². The Morgan fingerprint density at radius 3 is 2.59 bits per heavy atom. The zero-order valence-electron chi connectivity index (χ0n) is 8.58. The van der Waals surface area contributed by atoms with Crippen molar-refractivity contribution in [1.82, 2.24) is 9.97 Å². The zero-order chi connectivity index (χ0) is 12.3. The molecule has 1 heterocycles. The van der Waals surface area contributed by atoms with Gasteiger partial charge in [0.1, 0.15) is 5.82 Å². The van der Waals surface area contributed by atoms with E-state index in [9.17, 15) is 9.59 Å². The molecule has 4 N–H and O–H groups in total. The molecule has 0 fully saturated rings. The first-order valence-electron chi connectivity index (χ1n) is 4.75. The van der Waals surface area contributed by atoms with Gasteiger partial charge in [-0.05, 0) is 18.2 Å². The Morgan fingerprint density at radius 2 is 1.88 bits per heavy atom. The Bertz CT molecular complexity index is 606. The van der Waals surface area contributed by atoms with Crippen LogP contribution in [0.5, 0.6) is 0 Å². The van der Waals surface area contributed by atoms with E-state index in [1.807, 2.05) is 0 Å². The molecule has 0 spiro atoms. The molecule has 0 aliphatic heterocycles. The van der Waals surface area contributed by atoms with Crippen LogP contribution in [0.3, 0.4) is 0 Å². The number of aromatic amines is 2. The van der Waals surface area contributed by atoms with Gasteiger partial charge in [0.05, 0.1) is 5.69 Å². The fraction of sp³-hybridized carbons (Fsp3) is 0. The summed E-state index contributed by atoms with van der Waals surface area (Å²) in [6.45, 7) is 0. The molecule has 1 aromatic carbocycles. The molecular formula is C10H9ClN4O2. The van der Waals surface area contributed by atoms with Gasteiger partial charge in [0.2, 0.25) is 0 Å². The number of halogens is 1. The highest BCUT2D eigenvalue weighted by Crippen LogP contribution is 2.14. The number of nitrogens with one attached hydrogen (secondary N) is 4. The monoisotopic (exact) mass is 252 g/mol. The molecule has 0 bridgehead atoms. The third-order valence-corrected chi connectivity index (χ3v) is 2.16. The van der Waals surface area contributed by atoms with Gasteiger partial charge in [0.15, 0.2) is 0 Å². The second kappa shape index (κ2) is 4.75. The lowest BCUT2D eigenvalue weighted by atomic mass is 10.3. The Balaban J connectivity index is 2.12. The van der Waals surface area contributed by atoms with Gasteiger partial charge < -0.3 is 0 Å². The third-order valence-electron chi connectivity index (χ3n) is 1.93. The molecule has 0 atom stereocenters. The number of anilines is 2. The van der Waals surface area contributed by atoms with Crippen LogP contribution < -0.4 is 22.1 Å². The van der Waals surface area contributed by atoms with Gasteiger partial charge in [-0.3, -0.25) is 25.6 Å². The second-order valence-corrected chi connectivity index (χ2v) is 3.70. The first-order chi connectivity index (χ1) is 8.13. The van der Waals surface area contributed by atoms with E-state index in [2.05, 4.69) is 20.8 Å². The van der Waals surface area contributed by atoms with Crippen LogP contribution in [0.25, 0.3) is 0 Å². The average molecular weight is 253 g/mol. The molecule has 0 saturated heterocycles. The molecule has 0 unspecified atom stereocenters. The summed E-state index contributed by atoms with van der Waals surface area (Å²) in [4.78, 5) is 26.5. The number of hydrogen-bond donors (Lipinski definition) is 4. The standard InChI is InChI=1S/C10H9ClN4O2/c11-6-2-1-3-7(4-6)14-15-8-5-9(16)13-10(17)12-8/h1-5,14H,(H3,12,13,15,16,17). The number of benzene rings is 1. The van der Waals surface area contributed by atoms with Crippen LogP contribution in [0, 0.1) is 0 Å². The Kier molecular flexibility index (Phi) is 3.15. The molecule has 0 saturated carbocycles. The van der Waals surface area contributed by atoms with Crippen LogP contribution >= 0.6 is 11.6 Å². The van der Waals surface area contributed by atoms with Crippen LogP contribution in [0.15, 0.2) is 39.9 Å². The second-order valence-electron chi connectivity index (χ2n) is 3.26. The SMILES string of the molecule is O=c1cc(NNc2cccc(Cl)c2)[nH]c(=O)[nH]1. The first-order valence-corrected chi connectivity index (χ1v) is 5.12. The van der Waals surface area contributed by atoms with Crippen molar-refractivity contribution >= 4 is 23.1 Å². The predicted molar refractivity (Wildman–Crippen MR) is 66.4 cm³/mol. The van der Waals surface area contributed by atoms with Crippen molar-refractivity contribution in [2.24, 2.45) is 0 Å². The van der Waals surface area contributed by atoms with E-state index in [1.54, 1.807) is 24.3 Å². The van der Waals surface area contributed by atoms with E-state index in [-0.39, 0.29) is 5.82 Å². The van der Waals surface area contributed by atoms with E-state index in [0.717, 1.165) is 0 Å². The minimum atomic E-state index is -0.576. The maximum absolute atomic E-state index is 11.0. The number of hydrogen-bond acceptors (Lipinski definition) is 4. The van der Waals surface area contributed by atoms with Crippen LogP contribution in [0.1, 0.15) is 0 Å². The van der Waals surface area contributed by atoms with E-state index in [4.69, 9.17) is 11.6 Å². The Morgan fingerprint density at radius 1 is 1.06 bits per heavy atom. The van der Waals surface area contributed by atoms with Crippen molar-refractivity contribution in [3.8, 4) is 0 Å². The van der Waals surface area contributed by atoms with Crippen molar-refractivity contribution in [1.29, 1.82) is 0 Å². The minimum Gasteiger partial charge on any atom is -0.300 e. The topological polar surface area (TPSA) is 89.8 Å². The van der Waals surface area contributed by atoms with Gasteiger partial charge in [0, 0.05) is 11.1 Å². The summed E-state index contributed by atoms with van der Waals surface area (Å²) in [6, 6.07) is 8.21. The molecular weight excluding hydrogens is 244 g/mol. The molecule has 7 heteroatoms. The molecule has 2 rings (SSSR count). The maximum atomic E-state index is 11.0. The third kappa shape index (κ3) is 3.12. The van der Waals surface area contributed by atoms with Crippen molar-refractivity contribution in [2.45, 2.75) is 0 Å². The highest BCUT2D eigenvalue weighted by molar-refractivity contribution is 6.30.